The molecule has 1 aromatic heterocycles. The highest BCUT2D eigenvalue weighted by molar-refractivity contribution is 9.10. The number of aryl methyl sites for hydroxylation is 3. The van der Waals surface area contributed by atoms with Crippen molar-refractivity contribution in [2.45, 2.75) is 32.2 Å². The van der Waals surface area contributed by atoms with Gasteiger partial charge in [0.05, 0.1) is 5.75 Å². The van der Waals surface area contributed by atoms with Gasteiger partial charge >= 0.3 is 5.97 Å². The fourth-order valence-corrected chi connectivity index (χ4v) is 5.26. The molecule has 4 aromatic rings. The average Bonchev–Trinajstić information content (AvgIpc) is 3.12. The molecule has 1 amide bonds. The molecule has 0 aliphatic carbocycles. The van der Waals surface area contributed by atoms with Crippen molar-refractivity contribution in [2.75, 3.05) is 17.7 Å². The zero-order chi connectivity index (χ0) is 23.5. The number of amides is 1. The van der Waals surface area contributed by atoms with Gasteiger partial charge in [-0.05, 0) is 68.3 Å². The third kappa shape index (κ3) is 5.09. The van der Waals surface area contributed by atoms with Crippen molar-refractivity contribution in [3.05, 3.63) is 70.2 Å². The van der Waals surface area contributed by atoms with Crippen LogP contribution in [0.3, 0.4) is 0 Å². The first-order valence-electron chi connectivity index (χ1n) is 10.7. The Kier molecular flexibility index (Phi) is 7.10. The second kappa shape index (κ2) is 10.0. The van der Waals surface area contributed by atoms with Gasteiger partial charge in [-0.25, -0.2) is 0 Å². The number of thioether (sulfide) groups is 1. The number of carbonyl (C=O) groups excluding carboxylic acids is 2. The maximum atomic E-state index is 12.4. The quantitative estimate of drug-likeness (QED) is 0.222. The monoisotopic (exact) mass is 524 g/mol. The second-order valence-electron chi connectivity index (χ2n) is 7.86. The van der Waals surface area contributed by atoms with E-state index < -0.39 is 5.97 Å². The van der Waals surface area contributed by atoms with E-state index in [0.717, 1.165) is 43.3 Å². The zero-order valence-electron chi connectivity index (χ0n) is 18.8. The summed E-state index contributed by atoms with van der Waals surface area (Å²) in [5.74, 6) is -0.628. The molecule has 0 atom stereocenters. The van der Waals surface area contributed by atoms with E-state index in [0.29, 0.717) is 5.69 Å². The summed E-state index contributed by atoms with van der Waals surface area (Å²) in [6.45, 7) is 6.68. The van der Waals surface area contributed by atoms with E-state index in [1.54, 1.807) is 0 Å². The van der Waals surface area contributed by atoms with Crippen molar-refractivity contribution < 1.29 is 14.3 Å². The minimum Gasteiger partial charge on any atom is -0.455 e. The van der Waals surface area contributed by atoms with Crippen LogP contribution >= 0.6 is 27.7 Å². The Morgan fingerprint density at radius 1 is 1.00 bits per heavy atom. The lowest BCUT2D eigenvalue weighted by Gasteiger charge is -2.09. The van der Waals surface area contributed by atoms with Gasteiger partial charge in [0.1, 0.15) is 0 Å². The van der Waals surface area contributed by atoms with Gasteiger partial charge in [-0.2, -0.15) is 0 Å². The summed E-state index contributed by atoms with van der Waals surface area (Å²) in [5, 5.41) is 5.07. The number of anilines is 1. The molecule has 0 radical (unpaired) electrons. The maximum absolute atomic E-state index is 12.4. The highest BCUT2D eigenvalue weighted by Gasteiger charge is 2.13. The SMILES string of the molecule is CCn1c2ccccc2c2cc(NC(=O)COC(=O)CSc3cc(C)c(Br)cc3C)ccc21. The number of esters is 1. The topological polar surface area (TPSA) is 60.3 Å². The van der Waals surface area contributed by atoms with Crippen molar-refractivity contribution in [3.8, 4) is 0 Å². The van der Waals surface area contributed by atoms with Crippen LogP contribution < -0.4 is 5.32 Å². The molecule has 0 aliphatic rings. The van der Waals surface area contributed by atoms with Crippen molar-refractivity contribution in [3.63, 3.8) is 0 Å². The molecule has 4 rings (SSSR count). The molecule has 0 saturated carbocycles. The lowest BCUT2D eigenvalue weighted by molar-refractivity contribution is -0.144. The number of nitrogens with zero attached hydrogens (tertiary/aromatic N) is 1. The number of carbonyl (C=O) groups is 2. The standard InChI is InChI=1S/C26H25BrN2O3S/c1-4-29-22-8-6-5-7-19(22)20-13-18(9-10-23(20)29)28-25(30)14-32-26(31)15-33-24-12-16(2)21(27)11-17(24)3/h5-13H,4,14-15H2,1-3H3,(H,28,30). The van der Waals surface area contributed by atoms with Gasteiger partial charge in [-0.15, -0.1) is 11.8 Å². The largest absolute Gasteiger partial charge is 0.455 e. The van der Waals surface area contributed by atoms with E-state index in [-0.39, 0.29) is 18.3 Å². The zero-order valence-corrected chi connectivity index (χ0v) is 21.2. The molecule has 0 spiro atoms. The number of aromatic nitrogens is 1. The van der Waals surface area contributed by atoms with Crippen LogP contribution in [0, 0.1) is 13.8 Å². The Morgan fingerprint density at radius 3 is 2.55 bits per heavy atom. The highest BCUT2D eigenvalue weighted by Crippen LogP contribution is 2.31. The molecular weight excluding hydrogens is 500 g/mol. The molecule has 1 heterocycles. The van der Waals surface area contributed by atoms with E-state index >= 15 is 0 Å². The molecule has 0 saturated heterocycles. The molecule has 3 aromatic carbocycles. The van der Waals surface area contributed by atoms with Crippen LogP contribution in [0.1, 0.15) is 18.1 Å². The number of nitrogens with one attached hydrogen (secondary N) is 1. The first-order chi connectivity index (χ1) is 15.9. The van der Waals surface area contributed by atoms with E-state index in [1.165, 1.54) is 17.3 Å². The van der Waals surface area contributed by atoms with E-state index in [4.69, 9.17) is 4.74 Å². The number of fused-ring (bicyclic) bond motifs is 3. The van der Waals surface area contributed by atoms with Crippen molar-refractivity contribution in [1.82, 2.24) is 4.57 Å². The first kappa shape index (κ1) is 23.4. The third-order valence-electron chi connectivity index (χ3n) is 5.54. The summed E-state index contributed by atoms with van der Waals surface area (Å²) in [5.41, 5.74) is 5.16. The number of hydrogen-bond donors (Lipinski definition) is 1. The van der Waals surface area contributed by atoms with Gasteiger partial charge in [0.15, 0.2) is 6.61 Å². The molecule has 1 N–H and O–H groups in total. The normalized spacial score (nSPS) is 11.2. The maximum Gasteiger partial charge on any atom is 0.316 e. The molecule has 0 bridgehead atoms. The molecule has 0 unspecified atom stereocenters. The van der Waals surface area contributed by atoms with Crippen molar-refractivity contribution in [1.29, 1.82) is 0 Å². The number of halogens is 1. The molecule has 0 fully saturated rings. The van der Waals surface area contributed by atoms with Crippen molar-refractivity contribution >= 4 is 67.1 Å². The van der Waals surface area contributed by atoms with Crippen LogP contribution in [0.2, 0.25) is 0 Å². The lowest BCUT2D eigenvalue weighted by atomic mass is 10.1. The predicted molar refractivity (Wildman–Crippen MR) is 139 cm³/mol. The van der Waals surface area contributed by atoms with Gasteiger partial charge in [0.25, 0.3) is 5.91 Å². The summed E-state index contributed by atoms with van der Waals surface area (Å²) < 4.78 is 8.48. The highest BCUT2D eigenvalue weighted by atomic mass is 79.9. The molecule has 170 valence electrons. The van der Waals surface area contributed by atoms with Crippen LogP contribution in [0.15, 0.2) is 64.0 Å². The number of benzene rings is 3. The Labute approximate surface area is 205 Å². The Morgan fingerprint density at radius 2 is 1.76 bits per heavy atom. The van der Waals surface area contributed by atoms with E-state index in [2.05, 4.69) is 44.9 Å². The van der Waals surface area contributed by atoms with E-state index in [1.807, 2.05) is 56.3 Å². The summed E-state index contributed by atoms with van der Waals surface area (Å²) in [6, 6.07) is 18.2. The van der Waals surface area contributed by atoms with Crippen LogP contribution in [-0.2, 0) is 20.9 Å². The fourth-order valence-electron chi connectivity index (χ4n) is 3.90. The summed E-state index contributed by atoms with van der Waals surface area (Å²) in [6.07, 6.45) is 0. The van der Waals surface area contributed by atoms with Gasteiger partial charge in [0, 0.05) is 43.4 Å². The Balaban J connectivity index is 1.36. The van der Waals surface area contributed by atoms with Gasteiger partial charge in [0.2, 0.25) is 0 Å². The molecular formula is C26H25BrN2O3S. The Hall–Kier alpha value is -2.77. The summed E-state index contributed by atoms with van der Waals surface area (Å²) in [4.78, 5) is 25.6. The van der Waals surface area contributed by atoms with Crippen LogP contribution in [0.25, 0.3) is 21.8 Å². The third-order valence-corrected chi connectivity index (χ3v) is 7.52. The van der Waals surface area contributed by atoms with Gasteiger partial charge in [-0.3, -0.25) is 9.59 Å². The minimum atomic E-state index is -0.420. The number of hydrogen-bond acceptors (Lipinski definition) is 4. The number of para-hydroxylation sites is 1. The molecule has 33 heavy (non-hydrogen) atoms. The predicted octanol–water partition coefficient (Wildman–Crippen LogP) is 6.47. The minimum absolute atomic E-state index is 0.150. The van der Waals surface area contributed by atoms with Crippen LogP contribution in [-0.4, -0.2) is 28.8 Å². The summed E-state index contributed by atoms with van der Waals surface area (Å²) in [7, 11) is 0. The molecule has 5 nitrogen and oxygen atoms in total. The second-order valence-corrected chi connectivity index (χ2v) is 9.73. The van der Waals surface area contributed by atoms with Crippen LogP contribution in [0.4, 0.5) is 5.69 Å². The average molecular weight is 525 g/mol. The Bertz CT molecular complexity index is 1360. The molecule has 0 aliphatic heterocycles. The molecule has 7 heteroatoms. The number of ether oxygens (including phenoxy) is 1. The smallest absolute Gasteiger partial charge is 0.316 e. The first-order valence-corrected chi connectivity index (χ1v) is 12.5. The lowest BCUT2D eigenvalue weighted by Crippen LogP contribution is -2.21. The van der Waals surface area contributed by atoms with Gasteiger partial charge < -0.3 is 14.6 Å². The van der Waals surface area contributed by atoms with E-state index in [9.17, 15) is 9.59 Å². The van der Waals surface area contributed by atoms with Crippen molar-refractivity contribution in [2.24, 2.45) is 0 Å². The fraction of sp³-hybridized carbons (Fsp3) is 0.231. The summed E-state index contributed by atoms with van der Waals surface area (Å²) >= 11 is 4.92. The van der Waals surface area contributed by atoms with Gasteiger partial charge in [-0.1, -0.05) is 34.1 Å². The number of rotatable bonds is 7. The van der Waals surface area contributed by atoms with Crippen LogP contribution in [0.5, 0.6) is 0 Å².